The first-order valence-electron chi connectivity index (χ1n) is 4.67. The molecule has 0 bridgehead atoms. The van der Waals surface area contributed by atoms with Crippen LogP contribution >= 0.6 is 0 Å². The highest BCUT2D eigenvalue weighted by atomic mass is 16.4. The fourth-order valence-corrected chi connectivity index (χ4v) is 1.89. The van der Waals surface area contributed by atoms with Crippen molar-refractivity contribution in [2.24, 2.45) is 5.73 Å². The molecule has 3 N–H and O–H groups in total. The van der Waals surface area contributed by atoms with Gasteiger partial charge in [-0.2, -0.15) is 0 Å². The van der Waals surface area contributed by atoms with Crippen molar-refractivity contribution in [3.05, 3.63) is 34.9 Å². The second-order valence-corrected chi connectivity index (χ2v) is 3.96. The summed E-state index contributed by atoms with van der Waals surface area (Å²) in [6, 6.07) is 5.29. The normalized spacial score (nSPS) is 17.9. The van der Waals surface area contributed by atoms with Crippen LogP contribution in [0.25, 0.3) is 0 Å². The fourth-order valence-electron chi connectivity index (χ4n) is 1.89. The first-order chi connectivity index (χ1) is 6.54. The van der Waals surface area contributed by atoms with Crippen molar-refractivity contribution in [2.45, 2.75) is 25.3 Å². The smallest absolute Gasteiger partial charge is 0.336 e. The van der Waals surface area contributed by atoms with Gasteiger partial charge < -0.3 is 10.8 Å². The van der Waals surface area contributed by atoms with Crippen LogP contribution in [0, 0.1) is 6.92 Å². The molecular formula is C11H13NO2. The lowest BCUT2D eigenvalue weighted by atomic mass is 9.94. The van der Waals surface area contributed by atoms with Crippen molar-refractivity contribution in [3.8, 4) is 0 Å². The standard InChI is InChI=1S/C11H13NO2/c1-7-3-2-4-8(10(13)14)9(7)11(12)5-6-11/h2-4H,5-6,12H2,1H3,(H,13,14). The number of carbonyl (C=O) groups is 1. The number of benzene rings is 1. The van der Waals surface area contributed by atoms with E-state index in [2.05, 4.69) is 0 Å². The van der Waals surface area contributed by atoms with Crippen LogP contribution < -0.4 is 5.73 Å². The quantitative estimate of drug-likeness (QED) is 0.747. The average Bonchev–Trinajstić information content (AvgIpc) is 2.84. The molecule has 0 spiro atoms. The van der Waals surface area contributed by atoms with Crippen molar-refractivity contribution in [2.75, 3.05) is 0 Å². The molecule has 0 atom stereocenters. The number of carboxylic acid groups (broad SMARTS) is 1. The third-order valence-corrected chi connectivity index (χ3v) is 2.79. The third kappa shape index (κ3) is 1.30. The lowest BCUT2D eigenvalue weighted by Gasteiger charge is -2.15. The van der Waals surface area contributed by atoms with E-state index in [0.29, 0.717) is 5.56 Å². The Morgan fingerprint density at radius 3 is 2.64 bits per heavy atom. The number of hydrogen-bond donors (Lipinski definition) is 2. The lowest BCUT2D eigenvalue weighted by Crippen LogP contribution is -2.23. The van der Waals surface area contributed by atoms with Crippen LogP contribution in [0.2, 0.25) is 0 Å². The molecule has 1 aliphatic carbocycles. The largest absolute Gasteiger partial charge is 0.478 e. The van der Waals surface area contributed by atoms with E-state index >= 15 is 0 Å². The van der Waals surface area contributed by atoms with Gasteiger partial charge in [0.05, 0.1) is 5.56 Å². The molecular weight excluding hydrogens is 178 g/mol. The summed E-state index contributed by atoms with van der Waals surface area (Å²) in [6.07, 6.45) is 1.77. The van der Waals surface area contributed by atoms with E-state index in [1.54, 1.807) is 12.1 Å². The lowest BCUT2D eigenvalue weighted by molar-refractivity contribution is 0.0694. The summed E-state index contributed by atoms with van der Waals surface area (Å²) in [5.74, 6) is -0.888. The van der Waals surface area contributed by atoms with Crippen molar-refractivity contribution in [1.82, 2.24) is 0 Å². The van der Waals surface area contributed by atoms with Crippen molar-refractivity contribution in [1.29, 1.82) is 0 Å². The minimum atomic E-state index is -0.888. The van der Waals surface area contributed by atoms with Crippen LogP contribution in [0.5, 0.6) is 0 Å². The molecule has 1 aromatic rings. The molecule has 0 radical (unpaired) electrons. The van der Waals surface area contributed by atoms with E-state index in [1.807, 2.05) is 13.0 Å². The van der Waals surface area contributed by atoms with Gasteiger partial charge in [0, 0.05) is 5.54 Å². The zero-order chi connectivity index (χ0) is 10.3. The molecule has 1 saturated carbocycles. The Morgan fingerprint density at radius 2 is 2.14 bits per heavy atom. The molecule has 0 aromatic heterocycles. The maximum absolute atomic E-state index is 11.0. The number of aromatic carboxylic acids is 1. The van der Waals surface area contributed by atoms with Crippen molar-refractivity contribution in [3.63, 3.8) is 0 Å². The second kappa shape index (κ2) is 2.82. The van der Waals surface area contributed by atoms with E-state index in [0.717, 1.165) is 24.0 Å². The molecule has 1 aromatic carbocycles. The summed E-state index contributed by atoms with van der Waals surface area (Å²) >= 11 is 0. The van der Waals surface area contributed by atoms with Gasteiger partial charge in [-0.05, 0) is 37.0 Å². The molecule has 3 heteroatoms. The van der Waals surface area contributed by atoms with E-state index in [1.165, 1.54) is 0 Å². The van der Waals surface area contributed by atoms with E-state index < -0.39 is 5.97 Å². The minimum absolute atomic E-state index is 0.352. The predicted molar refractivity (Wildman–Crippen MR) is 53.2 cm³/mol. The maximum atomic E-state index is 11.0. The van der Waals surface area contributed by atoms with Crippen LogP contribution in [-0.2, 0) is 5.54 Å². The van der Waals surface area contributed by atoms with Crippen LogP contribution in [0.1, 0.15) is 34.3 Å². The summed E-state index contributed by atoms with van der Waals surface area (Å²) in [6.45, 7) is 1.91. The Balaban J connectivity index is 2.60. The highest BCUT2D eigenvalue weighted by Gasteiger charge is 2.43. The molecule has 1 aliphatic rings. The van der Waals surface area contributed by atoms with Gasteiger partial charge >= 0.3 is 5.97 Å². The van der Waals surface area contributed by atoms with Crippen molar-refractivity contribution < 1.29 is 9.90 Å². The van der Waals surface area contributed by atoms with Crippen LogP contribution in [0.3, 0.4) is 0 Å². The van der Waals surface area contributed by atoms with E-state index in [-0.39, 0.29) is 5.54 Å². The van der Waals surface area contributed by atoms with Crippen LogP contribution in [0.15, 0.2) is 18.2 Å². The molecule has 2 rings (SSSR count). The maximum Gasteiger partial charge on any atom is 0.336 e. The first-order valence-corrected chi connectivity index (χ1v) is 4.67. The second-order valence-electron chi connectivity index (χ2n) is 3.96. The SMILES string of the molecule is Cc1cccc(C(=O)O)c1C1(N)CC1. The van der Waals surface area contributed by atoms with Gasteiger partial charge in [-0.3, -0.25) is 0 Å². The number of aryl methyl sites for hydroxylation is 1. The molecule has 1 fully saturated rings. The Labute approximate surface area is 82.5 Å². The zero-order valence-corrected chi connectivity index (χ0v) is 8.08. The Hall–Kier alpha value is -1.35. The van der Waals surface area contributed by atoms with Crippen LogP contribution in [0.4, 0.5) is 0 Å². The Morgan fingerprint density at radius 1 is 1.50 bits per heavy atom. The summed E-state index contributed by atoms with van der Waals surface area (Å²) in [5, 5.41) is 9.03. The predicted octanol–water partition coefficient (Wildman–Crippen LogP) is 1.64. The molecule has 0 aliphatic heterocycles. The topological polar surface area (TPSA) is 63.3 Å². The third-order valence-electron chi connectivity index (χ3n) is 2.79. The molecule has 3 nitrogen and oxygen atoms in total. The molecule has 74 valence electrons. The monoisotopic (exact) mass is 191 g/mol. The Kier molecular flexibility index (Phi) is 1.86. The van der Waals surface area contributed by atoms with Gasteiger partial charge in [-0.25, -0.2) is 4.79 Å². The van der Waals surface area contributed by atoms with Crippen molar-refractivity contribution >= 4 is 5.97 Å². The van der Waals surface area contributed by atoms with E-state index in [9.17, 15) is 4.79 Å². The molecule has 0 amide bonds. The highest BCUT2D eigenvalue weighted by Crippen LogP contribution is 2.45. The number of hydrogen-bond acceptors (Lipinski definition) is 2. The number of rotatable bonds is 2. The van der Waals surface area contributed by atoms with E-state index in [4.69, 9.17) is 10.8 Å². The summed E-state index contributed by atoms with van der Waals surface area (Å²) in [5.41, 5.74) is 7.81. The van der Waals surface area contributed by atoms with Gasteiger partial charge in [-0.15, -0.1) is 0 Å². The molecule has 0 saturated heterocycles. The van der Waals surface area contributed by atoms with Gasteiger partial charge in [0.1, 0.15) is 0 Å². The number of carboxylic acids is 1. The molecule has 0 heterocycles. The minimum Gasteiger partial charge on any atom is -0.478 e. The molecule has 14 heavy (non-hydrogen) atoms. The zero-order valence-electron chi connectivity index (χ0n) is 8.08. The first kappa shape index (κ1) is 9.21. The number of nitrogens with two attached hydrogens (primary N) is 1. The van der Waals surface area contributed by atoms with Gasteiger partial charge in [0.2, 0.25) is 0 Å². The highest BCUT2D eigenvalue weighted by molar-refractivity contribution is 5.90. The van der Waals surface area contributed by atoms with Gasteiger partial charge in [0.15, 0.2) is 0 Å². The fraction of sp³-hybridized carbons (Fsp3) is 0.364. The summed E-state index contributed by atoms with van der Waals surface area (Å²) < 4.78 is 0. The summed E-state index contributed by atoms with van der Waals surface area (Å²) in [4.78, 5) is 11.0. The summed E-state index contributed by atoms with van der Waals surface area (Å²) in [7, 11) is 0. The van der Waals surface area contributed by atoms with Gasteiger partial charge in [-0.1, -0.05) is 12.1 Å². The molecule has 0 unspecified atom stereocenters. The van der Waals surface area contributed by atoms with Gasteiger partial charge in [0.25, 0.3) is 0 Å². The van der Waals surface area contributed by atoms with Crippen LogP contribution in [-0.4, -0.2) is 11.1 Å². The Bertz CT molecular complexity index is 394. The average molecular weight is 191 g/mol.